The maximum Gasteiger partial charge on any atom is 0.243 e. The predicted molar refractivity (Wildman–Crippen MR) is 97.9 cm³/mol. The first-order valence-corrected chi connectivity index (χ1v) is 10.4. The standard InChI is InChI=1S/C18H27FN2O5S/c1-20(2)11-14-6-7-18(26-14)12-21(8-9-25-13-18)27(22,23)15-4-5-17(24-3)16(19)10-15/h4-5,10,14H,6-9,11-13H2,1-3H3/t14-,18+/m1/s1. The average molecular weight is 402 g/mol. The maximum absolute atomic E-state index is 14.0. The molecule has 152 valence electrons. The Bertz CT molecular complexity index is 773. The Kier molecular flexibility index (Phi) is 6.07. The summed E-state index contributed by atoms with van der Waals surface area (Å²) in [5, 5.41) is 0. The molecule has 2 saturated heterocycles. The van der Waals surface area contributed by atoms with Gasteiger partial charge in [-0.2, -0.15) is 4.31 Å². The first-order chi connectivity index (χ1) is 12.8. The van der Waals surface area contributed by atoms with Crippen molar-refractivity contribution in [3.05, 3.63) is 24.0 Å². The molecule has 7 nitrogen and oxygen atoms in total. The SMILES string of the molecule is COc1ccc(S(=O)(=O)N2CCOC[C@]3(CC[C@H](CN(C)C)O3)C2)cc1F. The second-order valence-electron chi connectivity index (χ2n) is 7.41. The highest BCUT2D eigenvalue weighted by atomic mass is 32.2. The lowest BCUT2D eigenvalue weighted by molar-refractivity contribution is -0.0858. The quantitative estimate of drug-likeness (QED) is 0.740. The van der Waals surface area contributed by atoms with E-state index in [1.165, 1.54) is 23.5 Å². The fourth-order valence-corrected chi connectivity index (χ4v) is 5.20. The van der Waals surface area contributed by atoms with E-state index in [-0.39, 0.29) is 36.4 Å². The summed E-state index contributed by atoms with van der Waals surface area (Å²) in [4.78, 5) is 1.95. The van der Waals surface area contributed by atoms with Crippen LogP contribution in [0.15, 0.2) is 23.1 Å². The van der Waals surface area contributed by atoms with Crippen molar-refractivity contribution in [3.63, 3.8) is 0 Å². The van der Waals surface area contributed by atoms with Crippen LogP contribution in [0, 0.1) is 5.82 Å². The van der Waals surface area contributed by atoms with Gasteiger partial charge < -0.3 is 19.1 Å². The summed E-state index contributed by atoms with van der Waals surface area (Å²) >= 11 is 0. The third-order valence-corrected chi connectivity index (χ3v) is 6.82. The molecule has 0 aromatic heterocycles. The average Bonchev–Trinajstić information content (AvgIpc) is 2.85. The molecule has 2 atom stereocenters. The molecule has 2 aliphatic heterocycles. The third kappa shape index (κ3) is 4.43. The van der Waals surface area contributed by atoms with Crippen molar-refractivity contribution in [1.29, 1.82) is 0 Å². The maximum atomic E-state index is 14.0. The van der Waals surface area contributed by atoms with Crippen LogP contribution in [0.25, 0.3) is 0 Å². The molecular formula is C18H27FN2O5S. The van der Waals surface area contributed by atoms with Gasteiger partial charge in [-0.25, -0.2) is 12.8 Å². The molecule has 0 radical (unpaired) electrons. The van der Waals surface area contributed by atoms with E-state index in [0.29, 0.717) is 6.61 Å². The molecule has 3 rings (SSSR count). The summed E-state index contributed by atoms with van der Waals surface area (Å²) in [6, 6.07) is 3.68. The minimum atomic E-state index is -3.87. The smallest absolute Gasteiger partial charge is 0.243 e. The lowest BCUT2D eigenvalue weighted by atomic mass is 10.0. The number of methoxy groups -OCH3 is 1. The summed E-state index contributed by atoms with van der Waals surface area (Å²) in [5.41, 5.74) is -0.657. The highest BCUT2D eigenvalue weighted by Gasteiger charge is 2.45. The van der Waals surface area contributed by atoms with E-state index >= 15 is 0 Å². The number of hydrogen-bond donors (Lipinski definition) is 0. The van der Waals surface area contributed by atoms with Crippen LogP contribution < -0.4 is 4.74 Å². The molecule has 1 aromatic carbocycles. The summed E-state index contributed by atoms with van der Waals surface area (Å²) in [5.74, 6) is -0.696. The van der Waals surface area contributed by atoms with E-state index in [9.17, 15) is 12.8 Å². The Morgan fingerprint density at radius 3 is 2.85 bits per heavy atom. The number of hydrogen-bond acceptors (Lipinski definition) is 6. The molecule has 2 fully saturated rings. The van der Waals surface area contributed by atoms with Crippen LogP contribution in [-0.2, 0) is 19.5 Å². The van der Waals surface area contributed by atoms with Gasteiger partial charge in [0, 0.05) is 19.6 Å². The molecule has 0 N–H and O–H groups in total. The molecule has 9 heteroatoms. The lowest BCUT2D eigenvalue weighted by Gasteiger charge is -2.32. The van der Waals surface area contributed by atoms with Gasteiger partial charge in [0.15, 0.2) is 11.6 Å². The largest absolute Gasteiger partial charge is 0.494 e. The van der Waals surface area contributed by atoms with Gasteiger partial charge in [0.05, 0.1) is 31.3 Å². The first kappa shape index (κ1) is 20.5. The first-order valence-electron chi connectivity index (χ1n) is 9.00. The molecule has 27 heavy (non-hydrogen) atoms. The van der Waals surface area contributed by atoms with Crippen molar-refractivity contribution in [2.24, 2.45) is 0 Å². The van der Waals surface area contributed by atoms with E-state index in [4.69, 9.17) is 14.2 Å². The van der Waals surface area contributed by atoms with Crippen molar-refractivity contribution in [2.45, 2.75) is 29.4 Å². The summed E-state index contributed by atoms with van der Waals surface area (Å²) in [7, 11) is 1.43. The van der Waals surface area contributed by atoms with Crippen LogP contribution in [0.5, 0.6) is 5.75 Å². The Morgan fingerprint density at radius 1 is 1.41 bits per heavy atom. The molecule has 0 bridgehead atoms. The van der Waals surface area contributed by atoms with E-state index < -0.39 is 21.4 Å². The second-order valence-corrected chi connectivity index (χ2v) is 9.35. The number of benzene rings is 1. The molecule has 0 unspecified atom stereocenters. The summed E-state index contributed by atoms with van der Waals surface area (Å²) in [6.45, 7) is 1.83. The topological polar surface area (TPSA) is 68.3 Å². The zero-order valence-corrected chi connectivity index (χ0v) is 16.8. The van der Waals surface area contributed by atoms with E-state index in [1.54, 1.807) is 0 Å². The summed E-state index contributed by atoms with van der Waals surface area (Å²) < 4.78 is 58.3. The highest BCUT2D eigenvalue weighted by Crippen LogP contribution is 2.35. The van der Waals surface area contributed by atoms with Crippen LogP contribution in [0.4, 0.5) is 4.39 Å². The zero-order chi connectivity index (χ0) is 19.7. The molecule has 0 amide bonds. The van der Waals surface area contributed by atoms with E-state index in [0.717, 1.165) is 25.5 Å². The van der Waals surface area contributed by atoms with Crippen molar-refractivity contribution < 1.29 is 27.0 Å². The van der Waals surface area contributed by atoms with Crippen LogP contribution in [0.3, 0.4) is 0 Å². The van der Waals surface area contributed by atoms with Gasteiger partial charge in [0.2, 0.25) is 10.0 Å². The van der Waals surface area contributed by atoms with Gasteiger partial charge in [-0.1, -0.05) is 0 Å². The normalized spacial score (nSPS) is 27.2. The van der Waals surface area contributed by atoms with Crippen molar-refractivity contribution in [1.82, 2.24) is 9.21 Å². The van der Waals surface area contributed by atoms with Crippen LogP contribution in [0.1, 0.15) is 12.8 Å². The van der Waals surface area contributed by atoms with Gasteiger partial charge in [-0.05, 0) is 45.1 Å². The van der Waals surface area contributed by atoms with Gasteiger partial charge >= 0.3 is 0 Å². The Balaban J connectivity index is 1.82. The van der Waals surface area contributed by atoms with E-state index in [2.05, 4.69) is 4.90 Å². The summed E-state index contributed by atoms with van der Waals surface area (Å²) in [6.07, 6.45) is 1.63. The van der Waals surface area contributed by atoms with Gasteiger partial charge in [-0.3, -0.25) is 0 Å². The lowest BCUT2D eigenvalue weighted by Crippen LogP contribution is -2.47. The van der Waals surface area contributed by atoms with Crippen molar-refractivity contribution in [2.75, 3.05) is 54.1 Å². The molecule has 0 aliphatic carbocycles. The van der Waals surface area contributed by atoms with Gasteiger partial charge in [0.25, 0.3) is 0 Å². The number of nitrogens with zero attached hydrogens (tertiary/aromatic N) is 2. The van der Waals surface area contributed by atoms with Crippen LogP contribution in [0.2, 0.25) is 0 Å². The van der Waals surface area contributed by atoms with E-state index in [1.807, 2.05) is 14.1 Å². The monoisotopic (exact) mass is 402 g/mol. The van der Waals surface area contributed by atoms with Crippen LogP contribution in [-0.4, -0.2) is 83.4 Å². The molecule has 1 aromatic rings. The van der Waals surface area contributed by atoms with Crippen molar-refractivity contribution >= 4 is 10.0 Å². The number of likely N-dealkylation sites (N-methyl/N-ethyl adjacent to an activating group) is 1. The number of rotatable bonds is 5. The molecule has 0 saturated carbocycles. The van der Waals surface area contributed by atoms with Gasteiger partial charge in [-0.15, -0.1) is 0 Å². The van der Waals surface area contributed by atoms with Gasteiger partial charge in [0.1, 0.15) is 5.60 Å². The Morgan fingerprint density at radius 2 is 2.19 bits per heavy atom. The minimum Gasteiger partial charge on any atom is -0.494 e. The molecule has 1 spiro atoms. The number of halogens is 1. The van der Waals surface area contributed by atoms with Crippen LogP contribution >= 0.6 is 0 Å². The number of ether oxygens (including phenoxy) is 3. The third-order valence-electron chi connectivity index (χ3n) is 4.98. The Hall–Kier alpha value is -1.26. The highest BCUT2D eigenvalue weighted by molar-refractivity contribution is 7.89. The fraction of sp³-hybridized carbons (Fsp3) is 0.667. The van der Waals surface area contributed by atoms with Crippen molar-refractivity contribution in [3.8, 4) is 5.75 Å². The number of sulfonamides is 1. The predicted octanol–water partition coefficient (Wildman–Crippen LogP) is 1.33. The fourth-order valence-electron chi connectivity index (χ4n) is 3.69. The molecular weight excluding hydrogens is 375 g/mol. The molecule has 2 heterocycles. The Labute approximate surface area is 160 Å². The zero-order valence-electron chi connectivity index (χ0n) is 16.0. The molecule has 2 aliphatic rings. The minimum absolute atomic E-state index is 0.00951. The second kappa shape index (κ2) is 8.00.